The topological polar surface area (TPSA) is 99.8 Å². The summed E-state index contributed by atoms with van der Waals surface area (Å²) in [7, 11) is -3.52. The van der Waals surface area contributed by atoms with Crippen molar-refractivity contribution in [2.45, 2.75) is 18.2 Å². The lowest BCUT2D eigenvalue weighted by molar-refractivity contribution is 0.581. The molecule has 0 saturated carbocycles. The molecule has 2 heterocycles. The van der Waals surface area contributed by atoms with Crippen LogP contribution in [0, 0.1) is 0 Å². The highest BCUT2D eigenvalue weighted by atomic mass is 32.2. The maximum absolute atomic E-state index is 12.0. The first kappa shape index (κ1) is 14.5. The molecule has 20 heavy (non-hydrogen) atoms. The van der Waals surface area contributed by atoms with Crippen LogP contribution in [0.15, 0.2) is 35.7 Å². The van der Waals surface area contributed by atoms with Crippen molar-refractivity contribution >= 4 is 15.8 Å². The molecule has 0 atom stereocenters. The first-order chi connectivity index (χ1) is 9.62. The van der Waals surface area contributed by atoms with Crippen LogP contribution in [0.1, 0.15) is 12.6 Å². The first-order valence-electron chi connectivity index (χ1n) is 6.28. The predicted molar refractivity (Wildman–Crippen MR) is 75.9 cm³/mol. The van der Waals surface area contributed by atoms with E-state index in [2.05, 4.69) is 25.0 Å². The number of pyridine rings is 1. The second-order valence-corrected chi connectivity index (χ2v) is 5.90. The van der Waals surface area contributed by atoms with E-state index in [1.165, 1.54) is 12.3 Å². The fraction of sp³-hybridized carbons (Fsp3) is 0.333. The van der Waals surface area contributed by atoms with Crippen LogP contribution in [0.5, 0.6) is 0 Å². The highest BCUT2D eigenvalue weighted by molar-refractivity contribution is 7.89. The Hall–Kier alpha value is -1.93. The Kier molecular flexibility index (Phi) is 4.70. The van der Waals surface area contributed by atoms with E-state index in [0.717, 1.165) is 12.2 Å². The van der Waals surface area contributed by atoms with Gasteiger partial charge in [-0.3, -0.25) is 0 Å². The molecule has 0 aliphatic rings. The monoisotopic (exact) mass is 295 g/mol. The van der Waals surface area contributed by atoms with Crippen LogP contribution in [0.4, 0.5) is 5.82 Å². The summed E-state index contributed by atoms with van der Waals surface area (Å²) in [6.45, 7) is 2.99. The van der Waals surface area contributed by atoms with Crippen LogP contribution < -0.4 is 10.0 Å². The smallest absolute Gasteiger partial charge is 0.242 e. The molecule has 0 unspecified atom stereocenters. The number of sulfonamides is 1. The van der Waals surface area contributed by atoms with Crippen molar-refractivity contribution < 1.29 is 8.42 Å². The fourth-order valence-corrected chi connectivity index (χ4v) is 2.63. The van der Waals surface area contributed by atoms with Gasteiger partial charge in [0.05, 0.1) is 6.33 Å². The maximum atomic E-state index is 12.0. The normalized spacial score (nSPS) is 11.4. The second-order valence-electron chi connectivity index (χ2n) is 4.13. The van der Waals surface area contributed by atoms with E-state index < -0.39 is 10.0 Å². The summed E-state index contributed by atoms with van der Waals surface area (Å²) in [5.74, 6) is 0.656. The third-order valence-corrected chi connectivity index (χ3v) is 4.09. The summed E-state index contributed by atoms with van der Waals surface area (Å²) >= 11 is 0. The lowest BCUT2D eigenvalue weighted by Gasteiger charge is -2.07. The lowest BCUT2D eigenvalue weighted by Crippen LogP contribution is -2.26. The Balaban J connectivity index is 1.95. The Labute approximate surface area is 117 Å². The molecule has 2 rings (SSSR count). The Morgan fingerprint density at radius 2 is 2.15 bits per heavy atom. The Bertz CT molecular complexity index is 622. The Morgan fingerprint density at radius 3 is 2.75 bits per heavy atom. The summed E-state index contributed by atoms with van der Waals surface area (Å²) in [5, 5.41) is 3.01. The van der Waals surface area contributed by atoms with Gasteiger partial charge in [0, 0.05) is 37.6 Å². The molecule has 0 bridgehead atoms. The average molecular weight is 295 g/mol. The third kappa shape index (κ3) is 3.78. The largest absolute Gasteiger partial charge is 0.370 e. The standard InChI is InChI=1S/C12H17N5O2S/c1-2-14-12-4-3-11(8-15-12)20(18,19)17-6-5-10-7-13-9-16-10/h3-4,7-9,17H,2,5-6H2,1H3,(H,13,16)(H,14,15). The van der Waals surface area contributed by atoms with Crippen LogP contribution in [-0.2, 0) is 16.4 Å². The molecule has 0 amide bonds. The van der Waals surface area contributed by atoms with Crippen LogP contribution in [0.25, 0.3) is 0 Å². The van der Waals surface area contributed by atoms with E-state index in [9.17, 15) is 8.42 Å². The zero-order chi connectivity index (χ0) is 14.4. The van der Waals surface area contributed by atoms with Crippen molar-refractivity contribution in [1.82, 2.24) is 19.7 Å². The van der Waals surface area contributed by atoms with Crippen molar-refractivity contribution in [3.8, 4) is 0 Å². The van der Waals surface area contributed by atoms with Crippen molar-refractivity contribution in [3.05, 3.63) is 36.5 Å². The van der Waals surface area contributed by atoms with Gasteiger partial charge in [-0.1, -0.05) is 0 Å². The van der Waals surface area contributed by atoms with Crippen LogP contribution >= 0.6 is 0 Å². The molecule has 0 aromatic carbocycles. The molecule has 0 fully saturated rings. The van der Waals surface area contributed by atoms with Crippen LogP contribution in [-0.4, -0.2) is 36.5 Å². The minimum atomic E-state index is -3.52. The van der Waals surface area contributed by atoms with E-state index in [1.807, 2.05) is 6.92 Å². The van der Waals surface area contributed by atoms with Gasteiger partial charge in [0.1, 0.15) is 10.7 Å². The molecule has 0 spiro atoms. The quantitative estimate of drug-likeness (QED) is 0.700. The van der Waals surface area contributed by atoms with Gasteiger partial charge in [0.25, 0.3) is 0 Å². The van der Waals surface area contributed by atoms with Crippen molar-refractivity contribution in [2.75, 3.05) is 18.4 Å². The van der Waals surface area contributed by atoms with Gasteiger partial charge in [0.2, 0.25) is 10.0 Å². The fourth-order valence-electron chi connectivity index (χ4n) is 1.65. The molecule has 7 nitrogen and oxygen atoms in total. The van der Waals surface area contributed by atoms with E-state index in [4.69, 9.17) is 0 Å². The van der Waals surface area contributed by atoms with Gasteiger partial charge in [0.15, 0.2) is 0 Å². The van der Waals surface area contributed by atoms with Gasteiger partial charge in [-0.25, -0.2) is 23.1 Å². The summed E-state index contributed by atoms with van der Waals surface area (Å²) < 4.78 is 26.6. The molecule has 2 aromatic heterocycles. The predicted octanol–water partition coefficient (Wildman–Crippen LogP) is 0.757. The summed E-state index contributed by atoms with van der Waals surface area (Å²) in [6, 6.07) is 3.18. The van der Waals surface area contributed by atoms with Gasteiger partial charge in [-0.15, -0.1) is 0 Å². The van der Waals surface area contributed by atoms with Crippen molar-refractivity contribution in [3.63, 3.8) is 0 Å². The summed E-state index contributed by atoms with van der Waals surface area (Å²) in [6.07, 6.45) is 5.13. The zero-order valence-corrected chi connectivity index (χ0v) is 11.9. The number of aromatic amines is 1. The lowest BCUT2D eigenvalue weighted by atomic mass is 10.3. The molecule has 0 saturated heterocycles. The van der Waals surface area contributed by atoms with Gasteiger partial charge in [-0.2, -0.15) is 0 Å². The molecular formula is C12H17N5O2S. The van der Waals surface area contributed by atoms with Gasteiger partial charge >= 0.3 is 0 Å². The van der Waals surface area contributed by atoms with E-state index in [0.29, 0.717) is 18.8 Å². The third-order valence-electron chi connectivity index (χ3n) is 2.65. The molecule has 8 heteroatoms. The number of nitrogens with one attached hydrogen (secondary N) is 3. The number of anilines is 1. The van der Waals surface area contributed by atoms with Crippen LogP contribution in [0.2, 0.25) is 0 Å². The Morgan fingerprint density at radius 1 is 1.30 bits per heavy atom. The number of imidazole rings is 1. The molecule has 0 aliphatic heterocycles. The highest BCUT2D eigenvalue weighted by Gasteiger charge is 2.13. The molecule has 108 valence electrons. The number of aromatic nitrogens is 3. The molecule has 0 radical (unpaired) electrons. The minimum Gasteiger partial charge on any atom is -0.370 e. The summed E-state index contributed by atoms with van der Waals surface area (Å²) in [4.78, 5) is 11.0. The number of H-pyrrole nitrogens is 1. The molecular weight excluding hydrogens is 278 g/mol. The van der Waals surface area contributed by atoms with Crippen molar-refractivity contribution in [1.29, 1.82) is 0 Å². The highest BCUT2D eigenvalue weighted by Crippen LogP contribution is 2.10. The van der Waals surface area contributed by atoms with Gasteiger partial charge < -0.3 is 10.3 Å². The van der Waals surface area contributed by atoms with Crippen LogP contribution in [0.3, 0.4) is 0 Å². The van der Waals surface area contributed by atoms with E-state index in [-0.39, 0.29) is 4.90 Å². The first-order valence-corrected chi connectivity index (χ1v) is 7.77. The van der Waals surface area contributed by atoms with Crippen molar-refractivity contribution in [2.24, 2.45) is 0 Å². The SMILES string of the molecule is CCNc1ccc(S(=O)(=O)NCCc2cnc[nH]2)cn1. The molecule has 2 aromatic rings. The second kappa shape index (κ2) is 6.49. The van der Waals surface area contributed by atoms with E-state index >= 15 is 0 Å². The average Bonchev–Trinajstić information content (AvgIpc) is 2.93. The van der Waals surface area contributed by atoms with Gasteiger partial charge in [-0.05, 0) is 19.1 Å². The minimum absolute atomic E-state index is 0.156. The zero-order valence-electron chi connectivity index (χ0n) is 11.1. The summed E-state index contributed by atoms with van der Waals surface area (Å²) in [5.41, 5.74) is 0.883. The number of hydrogen-bond acceptors (Lipinski definition) is 5. The number of hydrogen-bond donors (Lipinski definition) is 3. The number of nitrogens with zero attached hydrogens (tertiary/aromatic N) is 2. The molecule has 0 aliphatic carbocycles. The van der Waals surface area contributed by atoms with E-state index in [1.54, 1.807) is 18.6 Å². The number of rotatable bonds is 7. The maximum Gasteiger partial charge on any atom is 0.242 e. The molecule has 3 N–H and O–H groups in total.